The summed E-state index contributed by atoms with van der Waals surface area (Å²) in [6, 6.07) is 7.29. The monoisotopic (exact) mass is 522 g/mol. The molecule has 13 heteroatoms. The number of imidazole rings is 1. The van der Waals surface area contributed by atoms with Crippen LogP contribution in [0.2, 0.25) is 0 Å². The second kappa shape index (κ2) is 8.50. The van der Waals surface area contributed by atoms with E-state index in [0.29, 0.717) is 39.0 Å². The van der Waals surface area contributed by atoms with E-state index in [9.17, 15) is 26.3 Å². The van der Waals surface area contributed by atoms with Crippen molar-refractivity contribution in [1.82, 2.24) is 29.1 Å². The highest BCUT2D eigenvalue weighted by Gasteiger charge is 2.34. The van der Waals surface area contributed by atoms with E-state index < -0.39 is 23.6 Å². The first-order chi connectivity index (χ1) is 17.0. The van der Waals surface area contributed by atoms with Gasteiger partial charge in [-0.1, -0.05) is 19.1 Å². The fourth-order valence-corrected chi connectivity index (χ4v) is 4.64. The molecule has 1 aromatic carbocycles. The number of hydrogen-bond acceptors (Lipinski definition) is 5. The second-order valence-corrected chi connectivity index (χ2v) is 9.06. The minimum Gasteiger partial charge on any atom is -0.326 e. The summed E-state index contributed by atoms with van der Waals surface area (Å²) in [4.78, 5) is 12.4. The summed E-state index contributed by atoms with van der Waals surface area (Å²) < 4.78 is 82.5. The number of alkyl halides is 6. The van der Waals surface area contributed by atoms with E-state index in [1.165, 1.54) is 34.6 Å². The van der Waals surface area contributed by atoms with E-state index in [1.54, 1.807) is 17.7 Å². The molecular formula is C23H16F6N6S. The molecule has 0 N–H and O–H groups in total. The van der Waals surface area contributed by atoms with Crippen molar-refractivity contribution in [3.8, 4) is 22.6 Å². The predicted octanol–water partition coefficient (Wildman–Crippen LogP) is 6.49. The van der Waals surface area contributed by atoms with Crippen LogP contribution in [0.25, 0.3) is 39.3 Å². The van der Waals surface area contributed by atoms with E-state index in [1.807, 2.05) is 6.92 Å². The number of aryl methyl sites for hydroxylation is 1. The smallest absolute Gasteiger partial charge is 0.326 e. The van der Waals surface area contributed by atoms with Gasteiger partial charge in [-0.05, 0) is 30.0 Å². The number of aromatic nitrogens is 6. The summed E-state index contributed by atoms with van der Waals surface area (Å²) in [5.41, 5.74) is 0.0237. The number of rotatable bonds is 4. The van der Waals surface area contributed by atoms with Crippen molar-refractivity contribution in [3.63, 3.8) is 0 Å². The quantitative estimate of drug-likeness (QED) is 0.199. The molecule has 4 aromatic heterocycles. The molecule has 4 heterocycles. The van der Waals surface area contributed by atoms with Gasteiger partial charge in [0.1, 0.15) is 16.5 Å². The van der Waals surface area contributed by atoms with Crippen LogP contribution in [0.1, 0.15) is 18.2 Å². The maximum Gasteiger partial charge on any atom is 0.433 e. The van der Waals surface area contributed by atoms with E-state index in [2.05, 4.69) is 20.1 Å². The van der Waals surface area contributed by atoms with Crippen LogP contribution in [0.4, 0.5) is 26.3 Å². The molecule has 0 bridgehead atoms. The van der Waals surface area contributed by atoms with Gasteiger partial charge in [-0.25, -0.2) is 19.5 Å². The number of benzene rings is 1. The predicted molar refractivity (Wildman–Crippen MR) is 122 cm³/mol. The van der Waals surface area contributed by atoms with Crippen LogP contribution in [0.5, 0.6) is 0 Å². The number of hydrogen-bond donors (Lipinski definition) is 0. The van der Waals surface area contributed by atoms with Crippen LogP contribution < -0.4 is 0 Å². The first-order valence-corrected chi connectivity index (χ1v) is 11.6. The normalized spacial score (nSPS) is 12.7. The molecule has 0 aliphatic rings. The maximum absolute atomic E-state index is 13.3. The third-order valence-corrected chi connectivity index (χ3v) is 6.38. The topological polar surface area (TPSA) is 60.9 Å². The fraction of sp³-hybridized carbons (Fsp3) is 0.217. The maximum atomic E-state index is 13.3. The standard InChI is InChI=1S/C23H16F6N6S/c1-3-36-21-18(20-32-14-10-17(23(27,28)29)31-11-16(14)34(20)2)19-30-8-7-15(35(19)33-21)12-5-4-6-13(9-12)22(24,25)26/h4-11H,3H2,1-2H3. The Morgan fingerprint density at radius 3 is 2.44 bits per heavy atom. The zero-order chi connectivity index (χ0) is 25.8. The highest BCUT2D eigenvalue weighted by molar-refractivity contribution is 7.99. The molecule has 0 saturated carbocycles. The minimum atomic E-state index is -4.62. The summed E-state index contributed by atoms with van der Waals surface area (Å²) in [6.45, 7) is 1.90. The lowest BCUT2D eigenvalue weighted by Crippen LogP contribution is -2.07. The Morgan fingerprint density at radius 2 is 1.75 bits per heavy atom. The van der Waals surface area contributed by atoms with E-state index in [-0.39, 0.29) is 11.1 Å². The van der Waals surface area contributed by atoms with Gasteiger partial charge in [-0.15, -0.1) is 11.8 Å². The van der Waals surface area contributed by atoms with Gasteiger partial charge >= 0.3 is 12.4 Å². The zero-order valence-electron chi connectivity index (χ0n) is 18.7. The Kier molecular flexibility index (Phi) is 5.69. The molecule has 6 nitrogen and oxygen atoms in total. The Hall–Kier alpha value is -3.61. The molecule has 0 spiro atoms. The Bertz CT molecular complexity index is 1600. The number of fused-ring (bicyclic) bond motifs is 2. The average Bonchev–Trinajstić information content (AvgIpc) is 3.34. The van der Waals surface area contributed by atoms with Crippen molar-refractivity contribution in [2.45, 2.75) is 24.3 Å². The summed E-state index contributed by atoms with van der Waals surface area (Å²) in [5.74, 6) is 0.922. The molecule has 0 atom stereocenters. The second-order valence-electron chi connectivity index (χ2n) is 7.81. The van der Waals surface area contributed by atoms with Gasteiger partial charge in [-0.2, -0.15) is 31.4 Å². The van der Waals surface area contributed by atoms with Crippen molar-refractivity contribution in [1.29, 1.82) is 0 Å². The Labute approximate surface area is 204 Å². The number of nitrogens with zero attached hydrogens (tertiary/aromatic N) is 6. The highest BCUT2D eigenvalue weighted by Crippen LogP contribution is 2.38. The van der Waals surface area contributed by atoms with Crippen molar-refractivity contribution < 1.29 is 26.3 Å². The largest absolute Gasteiger partial charge is 0.433 e. The fourth-order valence-electron chi connectivity index (χ4n) is 3.90. The molecule has 0 aliphatic heterocycles. The third-order valence-electron chi connectivity index (χ3n) is 5.53. The molecule has 0 saturated heterocycles. The molecule has 36 heavy (non-hydrogen) atoms. The van der Waals surface area contributed by atoms with Crippen molar-refractivity contribution >= 4 is 28.4 Å². The third kappa shape index (κ3) is 4.06. The van der Waals surface area contributed by atoms with Gasteiger partial charge in [0.05, 0.1) is 34.1 Å². The van der Waals surface area contributed by atoms with Gasteiger partial charge < -0.3 is 4.57 Å². The zero-order valence-corrected chi connectivity index (χ0v) is 19.5. The molecule has 5 aromatic rings. The van der Waals surface area contributed by atoms with Gasteiger partial charge in [0, 0.05) is 18.8 Å². The molecule has 0 aliphatic carbocycles. The molecule has 0 unspecified atom stereocenters. The van der Waals surface area contributed by atoms with Crippen LogP contribution in [0.3, 0.4) is 0 Å². The van der Waals surface area contributed by atoms with Gasteiger partial charge in [-0.3, -0.25) is 0 Å². The number of pyridine rings is 1. The van der Waals surface area contributed by atoms with Crippen molar-refractivity contribution in [2.75, 3.05) is 5.75 Å². The van der Waals surface area contributed by atoms with Crippen molar-refractivity contribution in [2.24, 2.45) is 7.05 Å². The lowest BCUT2D eigenvalue weighted by Gasteiger charge is -2.10. The molecule has 186 valence electrons. The molecule has 0 amide bonds. The lowest BCUT2D eigenvalue weighted by atomic mass is 10.1. The van der Waals surface area contributed by atoms with Gasteiger partial charge in [0.25, 0.3) is 0 Å². The first-order valence-electron chi connectivity index (χ1n) is 10.6. The van der Waals surface area contributed by atoms with Gasteiger partial charge in [0.2, 0.25) is 0 Å². The van der Waals surface area contributed by atoms with Crippen LogP contribution in [0, 0.1) is 0 Å². The number of halogens is 6. The highest BCUT2D eigenvalue weighted by atomic mass is 32.2. The lowest BCUT2D eigenvalue weighted by molar-refractivity contribution is -0.141. The SMILES string of the molecule is CCSc1nn2c(-c3cccc(C(F)(F)F)c3)ccnc2c1-c1nc2cc(C(F)(F)F)ncc2n1C. The van der Waals surface area contributed by atoms with Crippen LogP contribution in [-0.2, 0) is 19.4 Å². The Morgan fingerprint density at radius 1 is 0.972 bits per heavy atom. The van der Waals surface area contributed by atoms with E-state index >= 15 is 0 Å². The van der Waals surface area contributed by atoms with Crippen LogP contribution >= 0.6 is 11.8 Å². The van der Waals surface area contributed by atoms with Crippen LogP contribution in [-0.4, -0.2) is 34.9 Å². The molecule has 0 fully saturated rings. The van der Waals surface area contributed by atoms with Gasteiger partial charge in [0.15, 0.2) is 5.65 Å². The summed E-state index contributed by atoms with van der Waals surface area (Å²) in [7, 11) is 1.64. The van der Waals surface area contributed by atoms with Crippen molar-refractivity contribution in [3.05, 3.63) is 60.0 Å². The molecule has 0 radical (unpaired) electrons. The summed E-state index contributed by atoms with van der Waals surface area (Å²) in [5, 5.41) is 5.09. The summed E-state index contributed by atoms with van der Waals surface area (Å²) >= 11 is 1.36. The van der Waals surface area contributed by atoms with E-state index in [0.717, 1.165) is 24.4 Å². The Balaban J connectivity index is 1.75. The minimum absolute atomic E-state index is 0.0932. The first kappa shape index (κ1) is 24.1. The summed E-state index contributed by atoms with van der Waals surface area (Å²) in [6.07, 6.45) is -6.59. The van der Waals surface area contributed by atoms with E-state index in [4.69, 9.17) is 0 Å². The molecule has 5 rings (SSSR count). The van der Waals surface area contributed by atoms with Crippen LogP contribution in [0.15, 0.2) is 53.8 Å². The average molecular weight is 522 g/mol. The molecular weight excluding hydrogens is 506 g/mol. The number of thioether (sulfide) groups is 1.